The van der Waals surface area contributed by atoms with E-state index in [0.29, 0.717) is 12.2 Å². The van der Waals surface area contributed by atoms with Gasteiger partial charge < -0.3 is 18.9 Å². The fourth-order valence-corrected chi connectivity index (χ4v) is 8.29. The van der Waals surface area contributed by atoms with Crippen molar-refractivity contribution in [2.24, 2.45) is 17.8 Å². The van der Waals surface area contributed by atoms with E-state index in [-0.39, 0.29) is 17.8 Å². The second kappa shape index (κ2) is 8.76. The zero-order valence-corrected chi connectivity index (χ0v) is 22.4. The molecule has 4 aromatic rings. The highest BCUT2D eigenvalue weighted by Gasteiger charge is 2.72. The molecule has 7 unspecified atom stereocenters. The standard InChI is InChI=1S/C35H26O7/c36-33(24-16-23-19-11-3-5-13-21(19)26(24)22-14-6-4-12-20(22)23)41-31-29-27(28-30(40-29)32(31)42-35(28)38)34(37)39-25-15-7-9-17-8-1-2-10-18(17)25/h1-15,23-24,26-32H,16H2. The van der Waals surface area contributed by atoms with Crippen LogP contribution in [0.5, 0.6) is 5.75 Å². The van der Waals surface area contributed by atoms with Gasteiger partial charge in [-0.25, -0.2) is 0 Å². The van der Waals surface area contributed by atoms with Crippen molar-refractivity contribution in [2.45, 2.75) is 42.7 Å². The van der Waals surface area contributed by atoms with Gasteiger partial charge in [0.2, 0.25) is 0 Å². The van der Waals surface area contributed by atoms with Crippen molar-refractivity contribution in [3.63, 3.8) is 0 Å². The molecule has 3 aliphatic carbocycles. The molecule has 0 saturated carbocycles. The maximum Gasteiger partial charge on any atom is 0.318 e. The first-order valence-electron chi connectivity index (χ1n) is 14.5. The monoisotopic (exact) mass is 558 g/mol. The van der Waals surface area contributed by atoms with Crippen molar-refractivity contribution < 1.29 is 33.3 Å². The topological polar surface area (TPSA) is 88.1 Å². The van der Waals surface area contributed by atoms with E-state index in [9.17, 15) is 14.4 Å². The Morgan fingerprint density at radius 2 is 1.38 bits per heavy atom. The first kappa shape index (κ1) is 24.1. The molecule has 3 aliphatic heterocycles. The lowest BCUT2D eigenvalue weighted by molar-refractivity contribution is -0.167. The van der Waals surface area contributed by atoms with Gasteiger partial charge in [-0.05, 0) is 40.1 Å². The fraction of sp³-hybridized carbons (Fsp3) is 0.286. The Balaban J connectivity index is 1.01. The molecule has 0 amide bonds. The van der Waals surface area contributed by atoms with E-state index in [2.05, 4.69) is 24.3 Å². The maximum absolute atomic E-state index is 14.0. The van der Waals surface area contributed by atoms with Crippen molar-refractivity contribution in [1.82, 2.24) is 0 Å². The van der Waals surface area contributed by atoms with Crippen molar-refractivity contribution in [3.05, 3.63) is 113 Å². The van der Waals surface area contributed by atoms with E-state index >= 15 is 0 Å². The van der Waals surface area contributed by atoms with Gasteiger partial charge in [-0.1, -0.05) is 84.9 Å². The lowest BCUT2D eigenvalue weighted by Gasteiger charge is -2.44. The van der Waals surface area contributed by atoms with Crippen LogP contribution in [0, 0.1) is 17.8 Å². The van der Waals surface area contributed by atoms with Gasteiger partial charge >= 0.3 is 17.9 Å². The van der Waals surface area contributed by atoms with E-state index in [1.165, 1.54) is 11.1 Å². The van der Waals surface area contributed by atoms with Crippen LogP contribution in [-0.2, 0) is 28.6 Å². The molecule has 10 rings (SSSR count). The maximum atomic E-state index is 14.0. The third kappa shape index (κ3) is 3.23. The zero-order valence-electron chi connectivity index (χ0n) is 22.4. The van der Waals surface area contributed by atoms with Crippen LogP contribution in [0.2, 0.25) is 0 Å². The van der Waals surface area contributed by atoms with Gasteiger partial charge in [0.25, 0.3) is 0 Å². The van der Waals surface area contributed by atoms with Gasteiger partial charge in [-0.2, -0.15) is 0 Å². The summed E-state index contributed by atoms with van der Waals surface area (Å²) in [7, 11) is 0. The number of rotatable bonds is 4. The lowest BCUT2D eigenvalue weighted by Crippen LogP contribution is -2.49. The number of carbonyl (C=O) groups is 3. The second-order valence-corrected chi connectivity index (χ2v) is 11.9. The van der Waals surface area contributed by atoms with Crippen LogP contribution in [0.3, 0.4) is 0 Å². The summed E-state index contributed by atoms with van der Waals surface area (Å²) >= 11 is 0. The average molecular weight is 559 g/mol. The molecule has 3 heterocycles. The Hall–Kier alpha value is -4.49. The minimum absolute atomic E-state index is 0.105. The molecular weight excluding hydrogens is 532 g/mol. The van der Waals surface area contributed by atoms with Crippen LogP contribution in [0.1, 0.15) is 40.5 Å². The minimum Gasteiger partial charge on any atom is -0.455 e. The summed E-state index contributed by atoms with van der Waals surface area (Å²) in [6.07, 6.45) is -2.42. The molecule has 0 radical (unpaired) electrons. The summed E-state index contributed by atoms with van der Waals surface area (Å²) in [5.41, 5.74) is 4.83. The summed E-state index contributed by atoms with van der Waals surface area (Å²) < 4.78 is 23.9. The number of benzene rings is 4. The van der Waals surface area contributed by atoms with Crippen LogP contribution in [0.4, 0.5) is 0 Å². The van der Waals surface area contributed by atoms with E-state index < -0.39 is 54.1 Å². The first-order valence-corrected chi connectivity index (χ1v) is 14.5. The first-order chi connectivity index (χ1) is 20.6. The quantitative estimate of drug-likeness (QED) is 0.260. The molecule has 3 saturated heterocycles. The minimum atomic E-state index is -0.928. The molecule has 4 bridgehead atoms. The summed E-state index contributed by atoms with van der Waals surface area (Å²) in [4.78, 5) is 40.6. The van der Waals surface area contributed by atoms with Crippen LogP contribution >= 0.6 is 0 Å². The molecule has 7 heteroatoms. The van der Waals surface area contributed by atoms with Crippen molar-refractivity contribution in [1.29, 1.82) is 0 Å². The SMILES string of the molecule is O=C(OC1C2OC(=O)C3C2OC1C3C(=O)Oc1cccc2ccccc12)C1CC2c3ccccc3C1c1ccccc12. The molecule has 0 spiro atoms. The summed E-state index contributed by atoms with van der Waals surface area (Å²) in [5.74, 6) is -3.15. The normalized spacial score (nSPS) is 32.8. The second-order valence-electron chi connectivity index (χ2n) is 11.9. The number of esters is 3. The smallest absolute Gasteiger partial charge is 0.318 e. The largest absolute Gasteiger partial charge is 0.455 e. The summed E-state index contributed by atoms with van der Waals surface area (Å²) in [5, 5.41) is 1.73. The van der Waals surface area contributed by atoms with E-state index in [1.54, 1.807) is 6.07 Å². The summed E-state index contributed by atoms with van der Waals surface area (Å²) in [6.45, 7) is 0. The van der Waals surface area contributed by atoms with Gasteiger partial charge in [0.05, 0.1) is 5.92 Å². The Bertz CT molecular complexity index is 1760. The number of hydrogen-bond acceptors (Lipinski definition) is 7. The lowest BCUT2D eigenvalue weighted by atomic mass is 9.59. The molecule has 4 aromatic carbocycles. The predicted octanol–water partition coefficient (Wildman–Crippen LogP) is 4.89. The van der Waals surface area contributed by atoms with Crippen molar-refractivity contribution in [3.8, 4) is 5.75 Å². The Morgan fingerprint density at radius 1 is 0.714 bits per heavy atom. The van der Waals surface area contributed by atoms with Gasteiger partial charge in [-0.15, -0.1) is 0 Å². The van der Waals surface area contributed by atoms with E-state index in [4.69, 9.17) is 18.9 Å². The van der Waals surface area contributed by atoms with Crippen molar-refractivity contribution >= 4 is 28.7 Å². The van der Waals surface area contributed by atoms with Crippen molar-refractivity contribution in [2.75, 3.05) is 0 Å². The molecule has 7 atom stereocenters. The number of ether oxygens (including phenoxy) is 4. The number of fused-ring (bicyclic) bond motifs is 3. The van der Waals surface area contributed by atoms with Crippen LogP contribution in [-0.4, -0.2) is 42.3 Å². The zero-order chi connectivity index (χ0) is 28.1. The Kier molecular flexibility index (Phi) is 5.03. The Morgan fingerprint density at radius 3 is 2.14 bits per heavy atom. The predicted molar refractivity (Wildman–Crippen MR) is 150 cm³/mol. The highest BCUT2D eigenvalue weighted by molar-refractivity contribution is 5.93. The Labute approximate surface area is 241 Å². The van der Waals surface area contributed by atoms with Gasteiger partial charge in [-0.3, -0.25) is 14.4 Å². The van der Waals surface area contributed by atoms with Crippen LogP contribution < -0.4 is 4.74 Å². The number of hydrogen-bond donors (Lipinski definition) is 0. The van der Waals surface area contributed by atoms with E-state index in [0.717, 1.165) is 21.9 Å². The van der Waals surface area contributed by atoms with Gasteiger partial charge in [0.15, 0.2) is 12.2 Å². The highest BCUT2D eigenvalue weighted by Crippen LogP contribution is 2.57. The van der Waals surface area contributed by atoms with Crippen LogP contribution in [0.25, 0.3) is 10.8 Å². The van der Waals surface area contributed by atoms with E-state index in [1.807, 2.05) is 60.7 Å². The number of carbonyl (C=O) groups excluding carboxylic acids is 3. The molecular formula is C35H26O7. The van der Waals surface area contributed by atoms with Gasteiger partial charge in [0, 0.05) is 17.2 Å². The fourth-order valence-electron chi connectivity index (χ4n) is 8.29. The molecule has 42 heavy (non-hydrogen) atoms. The molecule has 0 N–H and O–H groups in total. The van der Waals surface area contributed by atoms with Gasteiger partial charge in [0.1, 0.15) is 29.8 Å². The molecule has 0 aromatic heterocycles. The molecule has 3 fully saturated rings. The average Bonchev–Trinajstić information content (AvgIpc) is 3.65. The summed E-state index contributed by atoms with van der Waals surface area (Å²) in [6, 6.07) is 29.7. The third-order valence-corrected chi connectivity index (χ3v) is 10.00. The molecule has 208 valence electrons. The molecule has 7 nitrogen and oxygen atoms in total. The molecule has 6 aliphatic rings. The highest BCUT2D eigenvalue weighted by atomic mass is 16.7. The third-order valence-electron chi connectivity index (χ3n) is 10.00. The van der Waals surface area contributed by atoms with Crippen LogP contribution in [0.15, 0.2) is 91.0 Å².